The third kappa shape index (κ3) is 1.70. The van der Waals surface area contributed by atoms with Crippen molar-refractivity contribution >= 4 is 22.9 Å². The average Bonchev–Trinajstić information content (AvgIpc) is 2.49. The van der Waals surface area contributed by atoms with Crippen molar-refractivity contribution in [3.8, 4) is 0 Å². The number of thiophene rings is 1. The molecule has 4 heteroatoms. The van der Waals surface area contributed by atoms with Crippen molar-refractivity contribution in [3.05, 3.63) is 21.3 Å². The van der Waals surface area contributed by atoms with E-state index in [0.29, 0.717) is 24.5 Å². The third-order valence-corrected chi connectivity index (χ3v) is 4.11. The molecule has 1 aliphatic rings. The second-order valence-electron chi connectivity index (χ2n) is 3.61. The van der Waals surface area contributed by atoms with Gasteiger partial charge in [-0.25, -0.2) is 0 Å². The van der Waals surface area contributed by atoms with Crippen LogP contribution in [-0.2, 0) is 10.3 Å². The first-order chi connectivity index (χ1) is 6.65. The van der Waals surface area contributed by atoms with Crippen molar-refractivity contribution in [1.29, 1.82) is 0 Å². The van der Waals surface area contributed by atoms with Gasteiger partial charge >= 0.3 is 0 Å². The monoisotopic (exact) mass is 232 g/mol. The van der Waals surface area contributed by atoms with Crippen LogP contribution >= 0.6 is 22.9 Å². The first-order valence-corrected chi connectivity index (χ1v) is 5.99. The van der Waals surface area contributed by atoms with Gasteiger partial charge in [-0.1, -0.05) is 11.6 Å². The van der Waals surface area contributed by atoms with E-state index in [9.17, 15) is 5.11 Å². The minimum absolute atomic E-state index is 0.197. The van der Waals surface area contributed by atoms with Crippen molar-refractivity contribution in [2.24, 2.45) is 0 Å². The SMILES string of the molecule is CCOC1CC(O)(c2sccc2Cl)C1. The fraction of sp³-hybridized carbons (Fsp3) is 0.600. The van der Waals surface area contributed by atoms with Gasteiger partial charge < -0.3 is 9.84 Å². The fourth-order valence-corrected chi connectivity index (χ4v) is 3.21. The number of hydrogen-bond donors (Lipinski definition) is 1. The molecule has 0 spiro atoms. The number of hydrogen-bond acceptors (Lipinski definition) is 3. The summed E-state index contributed by atoms with van der Waals surface area (Å²) in [5, 5.41) is 12.8. The Labute approximate surface area is 92.5 Å². The standard InChI is InChI=1S/C10H13ClO2S/c1-2-13-7-5-10(12,6-7)9-8(11)3-4-14-9/h3-4,7,12H,2,5-6H2,1H3. The number of ether oxygens (including phenoxy) is 1. The molecule has 2 rings (SSSR count). The van der Waals surface area contributed by atoms with E-state index in [1.165, 1.54) is 11.3 Å². The van der Waals surface area contributed by atoms with Crippen molar-refractivity contribution < 1.29 is 9.84 Å². The summed E-state index contributed by atoms with van der Waals surface area (Å²) in [5.41, 5.74) is -0.731. The van der Waals surface area contributed by atoms with Crippen molar-refractivity contribution in [3.63, 3.8) is 0 Å². The second-order valence-corrected chi connectivity index (χ2v) is 4.94. The highest BCUT2D eigenvalue weighted by molar-refractivity contribution is 7.10. The molecule has 1 heterocycles. The van der Waals surface area contributed by atoms with Gasteiger partial charge in [0.25, 0.3) is 0 Å². The Kier molecular flexibility index (Phi) is 2.84. The predicted molar refractivity (Wildman–Crippen MR) is 57.9 cm³/mol. The minimum Gasteiger partial charge on any atom is -0.384 e. The molecule has 1 aliphatic carbocycles. The summed E-state index contributed by atoms with van der Waals surface area (Å²) < 4.78 is 5.41. The van der Waals surface area contributed by atoms with E-state index in [2.05, 4.69) is 0 Å². The van der Waals surface area contributed by atoms with Crippen LogP contribution in [0.1, 0.15) is 24.6 Å². The van der Waals surface area contributed by atoms with E-state index in [1.807, 2.05) is 18.4 Å². The van der Waals surface area contributed by atoms with Gasteiger partial charge in [0.1, 0.15) is 5.60 Å². The first-order valence-electron chi connectivity index (χ1n) is 4.73. The molecule has 1 saturated carbocycles. The Morgan fingerprint density at radius 2 is 2.43 bits per heavy atom. The highest BCUT2D eigenvalue weighted by Gasteiger charge is 2.46. The first kappa shape index (κ1) is 10.4. The Morgan fingerprint density at radius 1 is 1.71 bits per heavy atom. The Hall–Kier alpha value is -0.0900. The van der Waals surface area contributed by atoms with Gasteiger partial charge in [0, 0.05) is 19.4 Å². The van der Waals surface area contributed by atoms with E-state index >= 15 is 0 Å². The molecule has 0 bridgehead atoms. The molecule has 0 aromatic carbocycles. The van der Waals surface area contributed by atoms with Crippen LogP contribution in [0.3, 0.4) is 0 Å². The average molecular weight is 233 g/mol. The lowest BCUT2D eigenvalue weighted by molar-refractivity contribution is -0.140. The molecule has 2 nitrogen and oxygen atoms in total. The van der Waals surface area contributed by atoms with E-state index in [0.717, 1.165) is 4.88 Å². The predicted octanol–water partition coefficient (Wildman–Crippen LogP) is 2.79. The molecular weight excluding hydrogens is 220 g/mol. The number of aliphatic hydroxyl groups is 1. The smallest absolute Gasteiger partial charge is 0.105 e. The molecule has 0 unspecified atom stereocenters. The van der Waals surface area contributed by atoms with E-state index < -0.39 is 5.60 Å². The molecule has 0 aliphatic heterocycles. The maximum atomic E-state index is 10.2. The Bertz CT molecular complexity index is 318. The molecule has 0 radical (unpaired) electrons. The summed E-state index contributed by atoms with van der Waals surface area (Å²) in [4.78, 5) is 0.884. The Balaban J connectivity index is 2.04. The normalized spacial score (nSPS) is 31.5. The maximum absolute atomic E-state index is 10.2. The van der Waals surface area contributed by atoms with Crippen LogP contribution in [0.2, 0.25) is 5.02 Å². The van der Waals surface area contributed by atoms with Crippen LogP contribution in [-0.4, -0.2) is 17.8 Å². The highest BCUT2D eigenvalue weighted by atomic mass is 35.5. The molecule has 1 fully saturated rings. The summed E-state index contributed by atoms with van der Waals surface area (Å²) in [6.45, 7) is 2.68. The summed E-state index contributed by atoms with van der Waals surface area (Å²) in [6.07, 6.45) is 1.53. The molecule has 0 amide bonds. The van der Waals surface area contributed by atoms with Crippen molar-refractivity contribution in [1.82, 2.24) is 0 Å². The quantitative estimate of drug-likeness (QED) is 0.869. The summed E-state index contributed by atoms with van der Waals surface area (Å²) in [6, 6.07) is 1.83. The molecule has 1 aromatic heterocycles. The molecule has 78 valence electrons. The van der Waals surface area contributed by atoms with Crippen LogP contribution in [0.25, 0.3) is 0 Å². The van der Waals surface area contributed by atoms with E-state index in [-0.39, 0.29) is 6.10 Å². The highest BCUT2D eigenvalue weighted by Crippen LogP contribution is 2.47. The third-order valence-electron chi connectivity index (χ3n) is 2.57. The zero-order chi connectivity index (χ0) is 10.2. The Morgan fingerprint density at radius 3 is 2.93 bits per heavy atom. The topological polar surface area (TPSA) is 29.5 Å². The number of halogens is 1. The van der Waals surface area contributed by atoms with Crippen LogP contribution in [0, 0.1) is 0 Å². The second kappa shape index (κ2) is 3.81. The fourth-order valence-electron chi connectivity index (χ4n) is 1.86. The van der Waals surface area contributed by atoms with Crippen LogP contribution < -0.4 is 0 Å². The number of rotatable bonds is 3. The van der Waals surface area contributed by atoms with Gasteiger partial charge in [-0.3, -0.25) is 0 Å². The minimum atomic E-state index is -0.731. The lowest BCUT2D eigenvalue weighted by Gasteiger charge is -2.42. The van der Waals surface area contributed by atoms with E-state index in [4.69, 9.17) is 16.3 Å². The molecule has 14 heavy (non-hydrogen) atoms. The molecular formula is C10H13ClO2S. The van der Waals surface area contributed by atoms with Gasteiger partial charge in [-0.05, 0) is 18.4 Å². The summed E-state index contributed by atoms with van der Waals surface area (Å²) in [7, 11) is 0. The van der Waals surface area contributed by atoms with Crippen LogP contribution in [0.15, 0.2) is 11.4 Å². The maximum Gasteiger partial charge on any atom is 0.105 e. The zero-order valence-corrected chi connectivity index (χ0v) is 9.57. The molecule has 1 aromatic rings. The van der Waals surface area contributed by atoms with Gasteiger partial charge in [0.2, 0.25) is 0 Å². The summed E-state index contributed by atoms with van der Waals surface area (Å²) in [5.74, 6) is 0. The lowest BCUT2D eigenvalue weighted by atomic mass is 9.76. The molecule has 0 saturated heterocycles. The molecule has 0 atom stereocenters. The summed E-state index contributed by atoms with van der Waals surface area (Å²) >= 11 is 7.49. The van der Waals surface area contributed by atoms with Gasteiger partial charge in [-0.2, -0.15) is 0 Å². The van der Waals surface area contributed by atoms with Crippen LogP contribution in [0.5, 0.6) is 0 Å². The van der Waals surface area contributed by atoms with Gasteiger partial charge in [0.05, 0.1) is 16.0 Å². The van der Waals surface area contributed by atoms with Crippen molar-refractivity contribution in [2.75, 3.05) is 6.61 Å². The van der Waals surface area contributed by atoms with Crippen molar-refractivity contribution in [2.45, 2.75) is 31.5 Å². The zero-order valence-electron chi connectivity index (χ0n) is 8.00. The van der Waals surface area contributed by atoms with Gasteiger partial charge in [0.15, 0.2) is 0 Å². The van der Waals surface area contributed by atoms with Gasteiger partial charge in [-0.15, -0.1) is 11.3 Å². The lowest BCUT2D eigenvalue weighted by Crippen LogP contribution is -2.45. The van der Waals surface area contributed by atoms with E-state index in [1.54, 1.807) is 0 Å². The van der Waals surface area contributed by atoms with Crippen LogP contribution in [0.4, 0.5) is 0 Å². The molecule has 1 N–H and O–H groups in total. The largest absolute Gasteiger partial charge is 0.384 e.